The Morgan fingerprint density at radius 1 is 1.23 bits per heavy atom. The topological polar surface area (TPSA) is 58.8 Å². The van der Waals surface area contributed by atoms with Crippen molar-refractivity contribution in [2.24, 2.45) is 5.92 Å². The number of anilines is 1. The molecular weight excluding hydrogens is 398 g/mol. The molecule has 1 saturated heterocycles. The van der Waals surface area contributed by atoms with Crippen molar-refractivity contribution in [3.63, 3.8) is 0 Å². The highest BCUT2D eigenvalue weighted by Crippen LogP contribution is 2.34. The van der Waals surface area contributed by atoms with Crippen molar-refractivity contribution in [3.8, 4) is 11.5 Å². The summed E-state index contributed by atoms with van der Waals surface area (Å²) in [6.07, 6.45) is 4.10. The summed E-state index contributed by atoms with van der Waals surface area (Å²) in [4.78, 5) is 22.3. The molecule has 2 aliphatic rings. The number of hydrogen-bond acceptors (Lipinski definition) is 6. The molecule has 1 aliphatic carbocycles. The van der Waals surface area contributed by atoms with Crippen molar-refractivity contribution in [2.75, 3.05) is 44.3 Å². The molecule has 158 valence electrons. The second-order valence-corrected chi connectivity index (χ2v) is 8.93. The number of carbonyl (C=O) groups excluding carboxylic acids is 1. The number of carbonyl (C=O) groups is 1. The number of aromatic nitrogens is 1. The molecule has 7 heteroatoms. The lowest BCUT2D eigenvalue weighted by Gasteiger charge is -2.31. The van der Waals surface area contributed by atoms with Gasteiger partial charge in [0, 0.05) is 42.9 Å². The number of hydrogen-bond donors (Lipinski definition) is 0. The predicted octanol–water partition coefficient (Wildman–Crippen LogP) is 4.41. The molecule has 1 aromatic carbocycles. The van der Waals surface area contributed by atoms with Crippen LogP contribution in [-0.4, -0.2) is 55.2 Å². The summed E-state index contributed by atoms with van der Waals surface area (Å²) in [5.41, 5.74) is 1.65. The van der Waals surface area contributed by atoms with Gasteiger partial charge in [0.25, 0.3) is 0 Å². The van der Waals surface area contributed by atoms with Crippen molar-refractivity contribution < 1.29 is 13.9 Å². The largest absolute Gasteiger partial charge is 0.454 e. The predicted molar refractivity (Wildman–Crippen MR) is 119 cm³/mol. The molecule has 2 fully saturated rings. The first-order chi connectivity index (χ1) is 14.8. The lowest BCUT2D eigenvalue weighted by atomic mass is 9.84. The van der Waals surface area contributed by atoms with E-state index >= 15 is 0 Å². The van der Waals surface area contributed by atoms with Gasteiger partial charge in [-0.2, -0.15) is 0 Å². The summed E-state index contributed by atoms with van der Waals surface area (Å²) in [7, 11) is 0. The first-order valence-corrected chi connectivity index (χ1v) is 11.7. The summed E-state index contributed by atoms with van der Waals surface area (Å²) in [6, 6.07) is 9.99. The minimum absolute atomic E-state index is 0.159. The van der Waals surface area contributed by atoms with E-state index < -0.39 is 0 Å². The van der Waals surface area contributed by atoms with Crippen molar-refractivity contribution in [1.29, 1.82) is 0 Å². The minimum Gasteiger partial charge on any atom is -0.454 e. The third-order valence-corrected chi connectivity index (χ3v) is 6.94. The van der Waals surface area contributed by atoms with E-state index in [4.69, 9.17) is 14.1 Å². The van der Waals surface area contributed by atoms with E-state index in [-0.39, 0.29) is 11.8 Å². The molecule has 0 bridgehead atoms. The third kappa shape index (κ3) is 4.15. The number of morpholine rings is 1. The maximum absolute atomic E-state index is 13.1. The van der Waals surface area contributed by atoms with Gasteiger partial charge in [0.05, 0.1) is 13.2 Å². The van der Waals surface area contributed by atoms with Crippen LogP contribution >= 0.6 is 11.3 Å². The molecule has 0 unspecified atom stereocenters. The Morgan fingerprint density at radius 2 is 2.07 bits per heavy atom. The zero-order chi connectivity index (χ0) is 20.3. The first kappa shape index (κ1) is 19.7. The van der Waals surface area contributed by atoms with Crippen molar-refractivity contribution >= 4 is 33.3 Å². The number of fused-ring (bicyclic) bond motifs is 1. The van der Waals surface area contributed by atoms with E-state index in [0.29, 0.717) is 6.54 Å². The van der Waals surface area contributed by atoms with E-state index in [1.165, 1.54) is 11.3 Å². The summed E-state index contributed by atoms with van der Waals surface area (Å²) in [5.74, 6) is 1.14. The van der Waals surface area contributed by atoms with Gasteiger partial charge in [-0.1, -0.05) is 24.6 Å². The number of benzene rings is 1. The van der Waals surface area contributed by atoms with Crippen LogP contribution in [0, 0.1) is 5.92 Å². The molecule has 3 aromatic rings. The van der Waals surface area contributed by atoms with E-state index in [0.717, 1.165) is 86.1 Å². The van der Waals surface area contributed by atoms with Crippen molar-refractivity contribution in [2.45, 2.75) is 25.7 Å². The number of nitrogens with zero attached hydrogens (tertiary/aromatic N) is 3. The zero-order valence-electron chi connectivity index (χ0n) is 17.1. The molecule has 0 N–H and O–H groups in total. The summed E-state index contributed by atoms with van der Waals surface area (Å²) in [6.45, 7) is 5.25. The van der Waals surface area contributed by atoms with E-state index in [2.05, 4.69) is 4.90 Å². The molecule has 1 aliphatic heterocycles. The maximum Gasteiger partial charge on any atom is 0.231 e. The zero-order valence-corrected chi connectivity index (χ0v) is 17.9. The van der Waals surface area contributed by atoms with E-state index in [1.807, 2.05) is 40.6 Å². The maximum atomic E-state index is 13.1. The molecule has 0 spiro atoms. The molecule has 1 saturated carbocycles. The van der Waals surface area contributed by atoms with Gasteiger partial charge in [-0.05, 0) is 31.4 Å². The summed E-state index contributed by atoms with van der Waals surface area (Å²) >= 11 is 1.53. The Morgan fingerprint density at radius 3 is 2.83 bits per heavy atom. The van der Waals surface area contributed by atoms with Gasteiger partial charge >= 0.3 is 0 Å². The summed E-state index contributed by atoms with van der Waals surface area (Å²) < 4.78 is 11.4. The SMILES string of the molecule is O=C(C1CCC1)N(CCCN1CCOCC1)c1nc(-c2cc3ccccc3o2)cs1. The van der Waals surface area contributed by atoms with Gasteiger partial charge in [0.15, 0.2) is 10.9 Å². The van der Waals surface area contributed by atoms with Crippen LogP contribution in [-0.2, 0) is 9.53 Å². The van der Waals surface area contributed by atoms with Gasteiger partial charge in [0.1, 0.15) is 11.3 Å². The number of para-hydroxylation sites is 1. The lowest BCUT2D eigenvalue weighted by Crippen LogP contribution is -2.42. The first-order valence-electron chi connectivity index (χ1n) is 10.8. The molecule has 2 aromatic heterocycles. The fraction of sp³-hybridized carbons (Fsp3) is 0.478. The Kier molecular flexibility index (Phi) is 5.84. The van der Waals surface area contributed by atoms with Crippen LogP contribution in [0.25, 0.3) is 22.4 Å². The van der Waals surface area contributed by atoms with Gasteiger partial charge in [0.2, 0.25) is 5.91 Å². The molecule has 0 atom stereocenters. The molecule has 3 heterocycles. The molecule has 0 radical (unpaired) electrons. The van der Waals surface area contributed by atoms with Crippen LogP contribution in [0.2, 0.25) is 0 Å². The fourth-order valence-electron chi connectivity index (χ4n) is 4.06. The Hall–Kier alpha value is -2.22. The van der Waals surface area contributed by atoms with Crippen molar-refractivity contribution in [3.05, 3.63) is 35.7 Å². The minimum atomic E-state index is 0.159. The average molecular weight is 426 g/mol. The van der Waals surface area contributed by atoms with Gasteiger partial charge < -0.3 is 9.15 Å². The van der Waals surface area contributed by atoms with Crippen LogP contribution in [0.1, 0.15) is 25.7 Å². The van der Waals surface area contributed by atoms with E-state index in [1.54, 1.807) is 0 Å². The number of ether oxygens (including phenoxy) is 1. The highest BCUT2D eigenvalue weighted by Gasteiger charge is 2.31. The molecule has 1 amide bonds. The second-order valence-electron chi connectivity index (χ2n) is 8.09. The van der Waals surface area contributed by atoms with Crippen LogP contribution in [0.3, 0.4) is 0 Å². The number of rotatable bonds is 7. The highest BCUT2D eigenvalue weighted by atomic mass is 32.1. The van der Waals surface area contributed by atoms with Gasteiger partial charge in [-0.3, -0.25) is 14.6 Å². The highest BCUT2D eigenvalue weighted by molar-refractivity contribution is 7.14. The Labute approximate surface area is 180 Å². The van der Waals surface area contributed by atoms with Gasteiger partial charge in [-0.15, -0.1) is 11.3 Å². The quantitative estimate of drug-likeness (QED) is 0.561. The van der Waals surface area contributed by atoms with Crippen molar-refractivity contribution in [1.82, 2.24) is 9.88 Å². The molecule has 6 nitrogen and oxygen atoms in total. The average Bonchev–Trinajstić information content (AvgIpc) is 3.37. The fourth-order valence-corrected chi connectivity index (χ4v) is 4.91. The standard InChI is InChI=1S/C23H27N3O3S/c27-22(17-6-3-7-17)26(10-4-9-25-11-13-28-14-12-25)23-24-19(16-30-23)21-15-18-5-1-2-8-20(18)29-21/h1-2,5,8,15-17H,3-4,6-7,9-14H2. The number of furan rings is 1. The monoisotopic (exact) mass is 425 g/mol. The van der Waals surface area contributed by atoms with Gasteiger partial charge in [-0.25, -0.2) is 4.98 Å². The van der Waals surface area contributed by atoms with Crippen LogP contribution in [0.15, 0.2) is 40.1 Å². The summed E-state index contributed by atoms with van der Waals surface area (Å²) in [5, 5.41) is 3.84. The van der Waals surface area contributed by atoms with E-state index in [9.17, 15) is 4.79 Å². The molecule has 5 rings (SSSR count). The Balaban J connectivity index is 1.32. The Bertz CT molecular complexity index is 971. The van der Waals surface area contributed by atoms with Crippen LogP contribution in [0.5, 0.6) is 0 Å². The smallest absolute Gasteiger partial charge is 0.231 e. The number of thiazole rings is 1. The van der Waals surface area contributed by atoms with Crippen LogP contribution < -0.4 is 4.90 Å². The number of amides is 1. The molecule has 30 heavy (non-hydrogen) atoms. The normalized spacial score (nSPS) is 17.9. The third-order valence-electron chi connectivity index (χ3n) is 6.08. The molecular formula is C23H27N3O3S. The lowest BCUT2D eigenvalue weighted by molar-refractivity contribution is -0.124. The second kappa shape index (κ2) is 8.88. The van der Waals surface area contributed by atoms with Crippen LogP contribution in [0.4, 0.5) is 5.13 Å².